The number of rotatable bonds is 11. The lowest BCUT2D eigenvalue weighted by Gasteiger charge is -2.25. The van der Waals surface area contributed by atoms with Gasteiger partial charge < -0.3 is 13.3 Å². The van der Waals surface area contributed by atoms with Gasteiger partial charge in [-0.2, -0.15) is 0 Å². The van der Waals surface area contributed by atoms with E-state index in [-0.39, 0.29) is 0 Å². The second-order valence-corrected chi connectivity index (χ2v) is 7.01. The van der Waals surface area contributed by atoms with Crippen molar-refractivity contribution in [3.8, 4) is 0 Å². The van der Waals surface area contributed by atoms with Crippen LogP contribution in [0.3, 0.4) is 0 Å². The Balaban J connectivity index is 3.67. The van der Waals surface area contributed by atoms with Crippen LogP contribution >= 0.6 is 0 Å². The summed E-state index contributed by atoms with van der Waals surface area (Å²) in [6, 6.07) is 0.944. The molecule has 0 aliphatic carbocycles. The van der Waals surface area contributed by atoms with Crippen LogP contribution in [0.5, 0.6) is 0 Å². The molecule has 0 spiro atoms. The Labute approximate surface area is 102 Å². The van der Waals surface area contributed by atoms with Crippen molar-refractivity contribution in [3.05, 3.63) is 0 Å². The van der Waals surface area contributed by atoms with Crippen molar-refractivity contribution in [1.29, 1.82) is 0 Å². The molecule has 0 aliphatic heterocycles. The number of hydrogen-bond donors (Lipinski definition) is 0. The minimum atomic E-state index is -2.31. The van der Waals surface area contributed by atoms with Crippen molar-refractivity contribution in [2.24, 2.45) is 0 Å². The smallest absolute Gasteiger partial charge is 0.377 e. The zero-order chi connectivity index (χ0) is 12.3. The second-order valence-electron chi connectivity index (χ2n) is 4.04. The third kappa shape index (κ3) is 6.63. The average Bonchev–Trinajstić information content (AvgIpc) is 2.32. The lowest BCUT2D eigenvalue weighted by atomic mass is 10.1. The summed E-state index contributed by atoms with van der Waals surface area (Å²) in [6.45, 7) is 4.90. The van der Waals surface area contributed by atoms with Crippen LogP contribution in [0.1, 0.15) is 52.4 Å². The molecule has 0 N–H and O–H groups in total. The molecule has 98 valence electrons. The molecule has 0 heterocycles. The summed E-state index contributed by atoms with van der Waals surface area (Å²) in [5.41, 5.74) is 0. The van der Waals surface area contributed by atoms with Crippen molar-refractivity contribution in [2.45, 2.75) is 58.4 Å². The molecule has 0 atom stereocenters. The van der Waals surface area contributed by atoms with Gasteiger partial charge in [-0.15, -0.1) is 0 Å². The van der Waals surface area contributed by atoms with Gasteiger partial charge in [-0.25, -0.2) is 0 Å². The Morgan fingerprint density at radius 1 is 0.812 bits per heavy atom. The largest absolute Gasteiger partial charge is 0.500 e. The highest BCUT2D eigenvalue weighted by Crippen LogP contribution is 2.18. The van der Waals surface area contributed by atoms with Crippen LogP contribution in [0.25, 0.3) is 0 Å². The summed E-state index contributed by atoms with van der Waals surface area (Å²) >= 11 is 0. The van der Waals surface area contributed by atoms with E-state index in [0.29, 0.717) is 6.61 Å². The van der Waals surface area contributed by atoms with Crippen molar-refractivity contribution < 1.29 is 13.3 Å². The van der Waals surface area contributed by atoms with Gasteiger partial charge in [0, 0.05) is 26.9 Å². The maximum Gasteiger partial charge on any atom is 0.500 e. The summed E-state index contributed by atoms with van der Waals surface area (Å²) in [7, 11) is 1.08. The Bertz CT molecular complexity index is 149. The molecule has 0 saturated carbocycles. The molecule has 16 heavy (non-hydrogen) atoms. The maximum absolute atomic E-state index is 5.65. The molecule has 0 aromatic carbocycles. The molecular formula is C12H28O3Si. The van der Waals surface area contributed by atoms with Crippen LogP contribution in [0.4, 0.5) is 0 Å². The molecule has 0 aromatic rings. The Morgan fingerprint density at radius 3 is 1.88 bits per heavy atom. The molecule has 3 nitrogen and oxygen atoms in total. The minimum Gasteiger partial charge on any atom is -0.377 e. The Morgan fingerprint density at radius 2 is 1.38 bits per heavy atom. The number of hydrogen-bond acceptors (Lipinski definition) is 3. The van der Waals surface area contributed by atoms with Gasteiger partial charge in [-0.3, -0.25) is 0 Å². The van der Waals surface area contributed by atoms with E-state index >= 15 is 0 Å². The normalized spacial score (nSPS) is 12.0. The zero-order valence-corrected chi connectivity index (χ0v) is 12.4. The highest BCUT2D eigenvalue weighted by molar-refractivity contribution is 6.60. The van der Waals surface area contributed by atoms with Gasteiger partial charge in [0.15, 0.2) is 0 Å². The van der Waals surface area contributed by atoms with Crippen LogP contribution in [0.15, 0.2) is 0 Å². The fraction of sp³-hybridized carbons (Fsp3) is 1.00. The van der Waals surface area contributed by atoms with Crippen molar-refractivity contribution in [2.75, 3.05) is 20.8 Å². The van der Waals surface area contributed by atoms with Gasteiger partial charge in [0.1, 0.15) is 0 Å². The quantitative estimate of drug-likeness (QED) is 0.413. The van der Waals surface area contributed by atoms with Crippen molar-refractivity contribution in [1.82, 2.24) is 0 Å². The van der Waals surface area contributed by atoms with Gasteiger partial charge >= 0.3 is 8.80 Å². The summed E-state index contributed by atoms with van der Waals surface area (Å²) in [5, 5.41) is 0. The molecule has 0 aliphatic rings. The number of unbranched alkanes of at least 4 members (excludes halogenated alkanes) is 5. The first kappa shape index (κ1) is 16.1. The molecule has 0 rings (SSSR count). The van der Waals surface area contributed by atoms with E-state index in [2.05, 4.69) is 6.92 Å². The molecular weight excluding hydrogens is 220 g/mol. The molecule has 0 amide bonds. The van der Waals surface area contributed by atoms with E-state index in [0.717, 1.165) is 12.5 Å². The molecule has 0 unspecified atom stereocenters. The highest BCUT2D eigenvalue weighted by atomic mass is 28.4. The predicted octanol–water partition coefficient (Wildman–Crippen LogP) is 3.62. The molecule has 0 fully saturated rings. The fourth-order valence-corrected chi connectivity index (χ4v) is 3.90. The fourth-order valence-electron chi connectivity index (χ4n) is 1.82. The molecule has 0 radical (unpaired) electrons. The van der Waals surface area contributed by atoms with E-state index < -0.39 is 8.80 Å². The van der Waals surface area contributed by atoms with E-state index in [1.165, 1.54) is 32.1 Å². The van der Waals surface area contributed by atoms with Gasteiger partial charge in [0.2, 0.25) is 0 Å². The van der Waals surface area contributed by atoms with Crippen LogP contribution in [0, 0.1) is 0 Å². The minimum absolute atomic E-state index is 0.670. The van der Waals surface area contributed by atoms with Crippen molar-refractivity contribution >= 4 is 8.80 Å². The van der Waals surface area contributed by atoms with Gasteiger partial charge in [-0.1, -0.05) is 39.0 Å². The van der Waals surface area contributed by atoms with Crippen LogP contribution in [-0.2, 0) is 13.3 Å². The topological polar surface area (TPSA) is 27.7 Å². The summed E-state index contributed by atoms with van der Waals surface area (Å²) in [6.07, 6.45) is 7.72. The predicted molar refractivity (Wildman–Crippen MR) is 69.6 cm³/mol. The molecule has 4 heteroatoms. The van der Waals surface area contributed by atoms with E-state index in [9.17, 15) is 0 Å². The van der Waals surface area contributed by atoms with Crippen LogP contribution in [-0.4, -0.2) is 29.6 Å². The summed E-state index contributed by atoms with van der Waals surface area (Å²) in [4.78, 5) is 0. The first-order valence-corrected chi connectivity index (χ1v) is 8.42. The average molecular weight is 248 g/mol. The molecule has 0 aromatic heterocycles. The standard InChI is InChI=1S/C12H28O3Si/c1-5-7-8-9-10-11-12-16(13-3,14-4)15-6-2/h5-12H2,1-4H3. The van der Waals surface area contributed by atoms with Gasteiger partial charge in [0.25, 0.3) is 0 Å². The van der Waals surface area contributed by atoms with E-state index in [1.54, 1.807) is 14.2 Å². The first-order chi connectivity index (χ1) is 7.74. The summed E-state index contributed by atoms with van der Waals surface area (Å²) < 4.78 is 16.5. The first-order valence-electron chi connectivity index (χ1n) is 6.49. The molecule has 0 saturated heterocycles. The van der Waals surface area contributed by atoms with Crippen LogP contribution in [0.2, 0.25) is 6.04 Å². The Hall–Kier alpha value is 0.0969. The van der Waals surface area contributed by atoms with E-state index in [4.69, 9.17) is 13.3 Å². The van der Waals surface area contributed by atoms with Gasteiger partial charge in [0.05, 0.1) is 0 Å². The second kappa shape index (κ2) is 10.3. The third-order valence-corrected chi connectivity index (χ3v) is 5.76. The maximum atomic E-state index is 5.65. The van der Waals surface area contributed by atoms with Crippen molar-refractivity contribution in [3.63, 3.8) is 0 Å². The van der Waals surface area contributed by atoms with Crippen LogP contribution < -0.4 is 0 Å². The third-order valence-electron chi connectivity index (χ3n) is 2.82. The Kier molecular flexibility index (Phi) is 10.3. The van der Waals surface area contributed by atoms with Gasteiger partial charge in [-0.05, 0) is 13.3 Å². The highest BCUT2D eigenvalue weighted by Gasteiger charge is 2.37. The summed E-state index contributed by atoms with van der Waals surface area (Å²) in [5.74, 6) is 0. The monoisotopic (exact) mass is 248 g/mol. The van der Waals surface area contributed by atoms with E-state index in [1.807, 2.05) is 6.92 Å². The SMILES string of the molecule is CCCCCCCC[Si](OC)(OC)OCC. The lowest BCUT2D eigenvalue weighted by Crippen LogP contribution is -2.43. The molecule has 0 bridgehead atoms. The lowest BCUT2D eigenvalue weighted by molar-refractivity contribution is 0.103. The zero-order valence-electron chi connectivity index (χ0n) is 11.4.